The van der Waals surface area contributed by atoms with Crippen molar-refractivity contribution in [3.8, 4) is 22.8 Å². The van der Waals surface area contributed by atoms with Crippen molar-refractivity contribution < 1.29 is 23.8 Å². The monoisotopic (exact) mass is 314 g/mol. The van der Waals surface area contributed by atoms with Gasteiger partial charge < -0.3 is 10.2 Å². The number of benzene rings is 1. The van der Waals surface area contributed by atoms with Crippen LogP contribution in [0.4, 0.5) is 13.9 Å². The minimum absolute atomic E-state index is 0.0570. The summed E-state index contributed by atoms with van der Waals surface area (Å²) < 4.78 is 26.7. The van der Waals surface area contributed by atoms with Crippen LogP contribution in [0.1, 0.15) is 13.8 Å². The molecule has 8 heteroatoms. The van der Waals surface area contributed by atoms with Crippen LogP contribution >= 0.6 is 11.3 Å². The molecule has 0 saturated carbocycles. The highest BCUT2D eigenvalue weighted by atomic mass is 32.1. The van der Waals surface area contributed by atoms with Gasteiger partial charge in [0.25, 0.3) is 5.91 Å². The van der Waals surface area contributed by atoms with E-state index in [2.05, 4.69) is 10.3 Å². The second-order valence-corrected chi connectivity index (χ2v) is 5.64. The van der Waals surface area contributed by atoms with Crippen LogP contribution in [0, 0.1) is 5.82 Å². The zero-order valence-corrected chi connectivity index (χ0v) is 12.0. The molecule has 0 aliphatic carbocycles. The maximum absolute atomic E-state index is 13.4. The Hall–Kier alpha value is -2.22. The van der Waals surface area contributed by atoms with E-state index >= 15 is 0 Å². The molecule has 0 aliphatic heterocycles. The molecule has 0 fully saturated rings. The predicted molar refractivity (Wildman–Crippen MR) is 74.7 cm³/mol. The number of phenolic OH excluding ortho intramolecular Hbond substituents is 2. The molecule has 0 atom stereocenters. The van der Waals surface area contributed by atoms with Crippen molar-refractivity contribution >= 4 is 22.4 Å². The van der Waals surface area contributed by atoms with E-state index in [1.807, 2.05) is 0 Å². The molecular weight excluding hydrogens is 302 g/mol. The number of aromatic hydroxyl groups is 2. The molecular formula is C13H12F2N2O3S. The second-order valence-electron chi connectivity index (χ2n) is 4.79. The summed E-state index contributed by atoms with van der Waals surface area (Å²) in [6.45, 7) is 2.22. The SMILES string of the molecule is CC(C)(F)C(=O)Nc1nc(-c2cc(F)c(O)cc2O)cs1. The molecule has 0 spiro atoms. The fourth-order valence-corrected chi connectivity index (χ4v) is 2.16. The van der Waals surface area contributed by atoms with E-state index in [1.54, 1.807) is 0 Å². The smallest absolute Gasteiger partial charge is 0.263 e. The first-order valence-electron chi connectivity index (χ1n) is 5.86. The first kappa shape index (κ1) is 15.2. The summed E-state index contributed by atoms with van der Waals surface area (Å²) in [6, 6.07) is 1.78. The first-order valence-corrected chi connectivity index (χ1v) is 6.74. The Morgan fingerprint density at radius 3 is 2.62 bits per heavy atom. The van der Waals surface area contributed by atoms with Gasteiger partial charge in [0.1, 0.15) is 5.75 Å². The lowest BCUT2D eigenvalue weighted by molar-refractivity contribution is -0.125. The Kier molecular flexibility index (Phi) is 3.82. The van der Waals surface area contributed by atoms with Crippen LogP contribution in [0.15, 0.2) is 17.5 Å². The number of carbonyl (C=O) groups is 1. The normalized spacial score (nSPS) is 11.4. The molecule has 1 amide bonds. The lowest BCUT2D eigenvalue weighted by atomic mass is 10.1. The van der Waals surface area contributed by atoms with E-state index in [0.717, 1.165) is 37.3 Å². The molecule has 1 aromatic carbocycles. The van der Waals surface area contributed by atoms with Crippen molar-refractivity contribution in [1.82, 2.24) is 4.98 Å². The van der Waals surface area contributed by atoms with Crippen molar-refractivity contribution in [2.75, 3.05) is 5.32 Å². The van der Waals surface area contributed by atoms with Gasteiger partial charge in [0.2, 0.25) is 0 Å². The average Bonchev–Trinajstić information content (AvgIpc) is 2.81. The number of amides is 1. The van der Waals surface area contributed by atoms with Gasteiger partial charge in [-0.1, -0.05) is 0 Å². The zero-order chi connectivity index (χ0) is 15.8. The van der Waals surface area contributed by atoms with Gasteiger partial charge in [0, 0.05) is 17.0 Å². The highest BCUT2D eigenvalue weighted by molar-refractivity contribution is 7.14. The number of rotatable bonds is 3. The van der Waals surface area contributed by atoms with Gasteiger partial charge in [0.15, 0.2) is 22.4 Å². The summed E-state index contributed by atoms with van der Waals surface area (Å²) in [5.74, 6) is -2.81. The number of halogens is 2. The number of nitrogens with zero attached hydrogens (tertiary/aromatic N) is 1. The molecule has 2 aromatic rings. The number of alkyl halides is 1. The van der Waals surface area contributed by atoms with Gasteiger partial charge in [0.05, 0.1) is 5.69 Å². The fraction of sp³-hybridized carbons (Fsp3) is 0.231. The summed E-state index contributed by atoms with van der Waals surface area (Å²) in [4.78, 5) is 15.5. The number of thiazole rings is 1. The molecule has 112 valence electrons. The number of hydrogen-bond acceptors (Lipinski definition) is 5. The Morgan fingerprint density at radius 2 is 2.00 bits per heavy atom. The van der Waals surface area contributed by atoms with Gasteiger partial charge in [-0.15, -0.1) is 11.3 Å². The molecule has 0 bridgehead atoms. The van der Waals surface area contributed by atoms with Crippen LogP contribution in [0.5, 0.6) is 11.5 Å². The van der Waals surface area contributed by atoms with Gasteiger partial charge in [-0.3, -0.25) is 10.1 Å². The molecule has 2 rings (SSSR count). The maximum Gasteiger partial charge on any atom is 0.263 e. The molecule has 0 saturated heterocycles. The third kappa shape index (κ3) is 3.27. The molecule has 3 N–H and O–H groups in total. The minimum atomic E-state index is -2.06. The number of hydrogen-bond donors (Lipinski definition) is 3. The van der Waals surface area contributed by atoms with Crippen LogP contribution < -0.4 is 5.32 Å². The van der Waals surface area contributed by atoms with Crippen LogP contribution in [-0.2, 0) is 4.79 Å². The van der Waals surface area contributed by atoms with Crippen LogP contribution in [-0.4, -0.2) is 26.8 Å². The average molecular weight is 314 g/mol. The predicted octanol–water partition coefficient (Wildman–Crippen LogP) is 3.05. The summed E-state index contributed by atoms with van der Waals surface area (Å²) in [7, 11) is 0. The Bertz CT molecular complexity index is 695. The number of aromatic nitrogens is 1. The molecule has 21 heavy (non-hydrogen) atoms. The van der Waals surface area contributed by atoms with Crippen molar-refractivity contribution in [3.63, 3.8) is 0 Å². The molecule has 5 nitrogen and oxygen atoms in total. The summed E-state index contributed by atoms with van der Waals surface area (Å²) in [5.41, 5.74) is -1.80. The van der Waals surface area contributed by atoms with Crippen molar-refractivity contribution in [2.24, 2.45) is 0 Å². The van der Waals surface area contributed by atoms with E-state index in [0.29, 0.717) is 0 Å². The zero-order valence-electron chi connectivity index (χ0n) is 11.1. The fourth-order valence-electron chi connectivity index (χ4n) is 1.46. The minimum Gasteiger partial charge on any atom is -0.507 e. The van der Waals surface area contributed by atoms with E-state index in [9.17, 15) is 18.7 Å². The molecule has 0 aliphatic rings. The third-order valence-electron chi connectivity index (χ3n) is 2.61. The largest absolute Gasteiger partial charge is 0.507 e. The van der Waals surface area contributed by atoms with Crippen molar-refractivity contribution in [1.29, 1.82) is 0 Å². The van der Waals surface area contributed by atoms with Crippen molar-refractivity contribution in [2.45, 2.75) is 19.5 Å². The van der Waals surface area contributed by atoms with E-state index < -0.39 is 23.1 Å². The lowest BCUT2D eigenvalue weighted by Crippen LogP contribution is -2.32. The van der Waals surface area contributed by atoms with Gasteiger partial charge in [-0.25, -0.2) is 13.8 Å². The third-order valence-corrected chi connectivity index (χ3v) is 3.36. The van der Waals surface area contributed by atoms with Gasteiger partial charge in [-0.2, -0.15) is 0 Å². The summed E-state index contributed by atoms with van der Waals surface area (Å²) in [5, 5.41) is 22.7. The molecule has 1 heterocycles. The second kappa shape index (κ2) is 5.28. The van der Waals surface area contributed by atoms with Crippen LogP contribution in [0.2, 0.25) is 0 Å². The molecule has 0 radical (unpaired) electrons. The van der Waals surface area contributed by atoms with Crippen LogP contribution in [0.3, 0.4) is 0 Å². The van der Waals surface area contributed by atoms with E-state index in [1.165, 1.54) is 5.38 Å². The van der Waals surface area contributed by atoms with Gasteiger partial charge in [-0.05, 0) is 19.9 Å². The maximum atomic E-state index is 13.4. The van der Waals surface area contributed by atoms with Gasteiger partial charge >= 0.3 is 0 Å². The Balaban J connectivity index is 2.29. The highest BCUT2D eigenvalue weighted by Crippen LogP contribution is 2.35. The van der Waals surface area contributed by atoms with Crippen LogP contribution in [0.25, 0.3) is 11.3 Å². The first-order chi connectivity index (χ1) is 9.68. The number of anilines is 1. The summed E-state index contributed by atoms with van der Waals surface area (Å²) in [6.07, 6.45) is 0. The lowest BCUT2D eigenvalue weighted by Gasteiger charge is -2.11. The highest BCUT2D eigenvalue weighted by Gasteiger charge is 2.27. The quantitative estimate of drug-likeness (QED) is 0.813. The molecule has 1 aromatic heterocycles. The Labute approximate surface area is 122 Å². The van der Waals surface area contributed by atoms with E-state index in [4.69, 9.17) is 5.11 Å². The summed E-state index contributed by atoms with van der Waals surface area (Å²) >= 11 is 1.00. The standard InChI is InChI=1S/C13H12F2N2O3S/c1-13(2,15)11(20)17-12-16-8(5-21-12)6-3-7(14)10(19)4-9(6)18/h3-5,18-19H,1-2H3,(H,16,17,20). The molecule has 0 unspecified atom stereocenters. The number of nitrogens with one attached hydrogen (secondary N) is 1. The van der Waals surface area contributed by atoms with Crippen molar-refractivity contribution in [3.05, 3.63) is 23.3 Å². The van der Waals surface area contributed by atoms with E-state index in [-0.39, 0.29) is 22.1 Å². The topological polar surface area (TPSA) is 82.5 Å². The number of phenols is 2. The Morgan fingerprint density at radius 1 is 1.33 bits per heavy atom. The number of carbonyl (C=O) groups excluding carboxylic acids is 1.